The molecule has 9 nitrogen and oxygen atoms in total. The second kappa shape index (κ2) is 8.60. The van der Waals surface area contributed by atoms with E-state index in [-0.39, 0.29) is 11.9 Å². The van der Waals surface area contributed by atoms with Crippen LogP contribution in [-0.4, -0.2) is 53.5 Å². The molecule has 0 radical (unpaired) electrons. The van der Waals surface area contributed by atoms with Crippen LogP contribution in [0.4, 0.5) is 4.79 Å². The highest BCUT2D eigenvalue weighted by atomic mass is 16.6. The Morgan fingerprint density at radius 3 is 2.56 bits per heavy atom. The molecule has 27 heavy (non-hydrogen) atoms. The number of amides is 1. The summed E-state index contributed by atoms with van der Waals surface area (Å²) in [6.45, 7) is 8.62. The fourth-order valence-electron chi connectivity index (χ4n) is 2.79. The van der Waals surface area contributed by atoms with Crippen molar-refractivity contribution in [2.45, 2.75) is 32.9 Å². The summed E-state index contributed by atoms with van der Waals surface area (Å²) in [6.07, 6.45) is -0.302. The zero-order valence-corrected chi connectivity index (χ0v) is 15.9. The number of amidine groups is 1. The van der Waals surface area contributed by atoms with Gasteiger partial charge >= 0.3 is 6.09 Å². The summed E-state index contributed by atoms with van der Waals surface area (Å²) in [6, 6.07) is 7.20. The highest BCUT2D eigenvalue weighted by Crippen LogP contribution is 2.17. The third-order valence-corrected chi connectivity index (χ3v) is 4.09. The van der Waals surface area contributed by atoms with Crippen LogP contribution >= 0.6 is 0 Å². The van der Waals surface area contributed by atoms with Crippen LogP contribution in [0.2, 0.25) is 0 Å². The monoisotopic (exact) mass is 371 g/mol. The summed E-state index contributed by atoms with van der Waals surface area (Å²) in [5.41, 5.74) is 10.5. The molecule has 1 saturated heterocycles. The Morgan fingerprint density at radius 1 is 1.33 bits per heavy atom. The van der Waals surface area contributed by atoms with E-state index in [1.165, 1.54) is 0 Å². The van der Waals surface area contributed by atoms with E-state index in [2.05, 4.69) is 21.6 Å². The zero-order chi connectivity index (χ0) is 20.0. The van der Waals surface area contributed by atoms with Crippen molar-refractivity contribution in [1.82, 2.24) is 15.2 Å². The first-order valence-corrected chi connectivity index (χ1v) is 8.68. The summed E-state index contributed by atoms with van der Waals surface area (Å²) in [4.78, 5) is 16.0. The van der Waals surface area contributed by atoms with Gasteiger partial charge in [0.05, 0.1) is 11.6 Å². The first-order chi connectivity index (χ1) is 12.7. The quantitative estimate of drug-likeness (QED) is 0.324. The van der Waals surface area contributed by atoms with Crippen molar-refractivity contribution in [2.24, 2.45) is 5.22 Å². The molecular weight excluding hydrogens is 346 g/mol. The van der Waals surface area contributed by atoms with Crippen LogP contribution in [0.3, 0.4) is 0 Å². The number of nitrogens with one attached hydrogen (secondary N) is 3. The minimum atomic E-state index is -0.512. The first kappa shape index (κ1) is 20.3. The van der Waals surface area contributed by atoms with Crippen molar-refractivity contribution in [2.75, 3.05) is 26.2 Å². The lowest BCUT2D eigenvalue weighted by Gasteiger charge is -2.35. The second-order valence-corrected chi connectivity index (χ2v) is 7.33. The average molecular weight is 371 g/mol. The molecule has 0 atom stereocenters. The summed E-state index contributed by atoms with van der Waals surface area (Å²) in [5.74, 6) is -0.0236. The number of hydrogen-bond acceptors (Lipinski definition) is 7. The van der Waals surface area contributed by atoms with E-state index in [9.17, 15) is 4.79 Å². The maximum absolute atomic E-state index is 12.2. The predicted octanol–water partition coefficient (Wildman–Crippen LogP) is 2.47. The topological polar surface area (TPSA) is 129 Å². The van der Waals surface area contributed by atoms with E-state index >= 15 is 0 Å². The molecule has 1 amide bonds. The minimum Gasteiger partial charge on any atom is -0.444 e. The van der Waals surface area contributed by atoms with Crippen LogP contribution < -0.4 is 5.43 Å². The van der Waals surface area contributed by atoms with E-state index in [1.54, 1.807) is 17.0 Å². The van der Waals surface area contributed by atoms with Gasteiger partial charge in [0.1, 0.15) is 11.4 Å². The third kappa shape index (κ3) is 5.76. The van der Waals surface area contributed by atoms with Crippen molar-refractivity contribution in [3.8, 4) is 6.07 Å². The molecule has 1 aromatic carbocycles. The van der Waals surface area contributed by atoms with E-state index < -0.39 is 5.60 Å². The van der Waals surface area contributed by atoms with Gasteiger partial charge in [-0.25, -0.2) is 10.2 Å². The smallest absolute Gasteiger partial charge is 0.410 e. The van der Waals surface area contributed by atoms with Gasteiger partial charge in [-0.2, -0.15) is 10.8 Å². The molecular formula is C18H25N7O2. The van der Waals surface area contributed by atoms with Crippen LogP contribution in [0.1, 0.15) is 37.5 Å². The number of rotatable bonds is 4. The lowest BCUT2D eigenvalue weighted by molar-refractivity contribution is 0.0139. The van der Waals surface area contributed by atoms with Crippen molar-refractivity contribution < 1.29 is 9.53 Å². The van der Waals surface area contributed by atoms with Crippen molar-refractivity contribution in [1.29, 1.82) is 16.2 Å². The Balaban J connectivity index is 2.03. The molecule has 1 aromatic rings. The summed E-state index contributed by atoms with van der Waals surface area (Å²) >= 11 is 0. The number of carbonyl (C=O) groups is 1. The van der Waals surface area contributed by atoms with Crippen molar-refractivity contribution in [3.05, 3.63) is 34.9 Å². The number of hydrogen-bond donors (Lipinski definition) is 3. The molecule has 0 unspecified atom stereocenters. The molecule has 3 N–H and O–H groups in total. The van der Waals surface area contributed by atoms with Gasteiger partial charge in [0.2, 0.25) is 0 Å². The Kier molecular flexibility index (Phi) is 6.47. The van der Waals surface area contributed by atoms with Crippen LogP contribution in [0.5, 0.6) is 0 Å². The standard InChI is InChI=1S/C18H25N7O2/c1-18(2,3)27-17(26)25-8-6-24(7-9-25)12-14-5-4-13(11-19)10-15(14)16(20)22-23-21/h4-5,10H,6-9,12H2,1-3H3,(H3,20,21,22). The molecule has 0 bridgehead atoms. The van der Waals surface area contributed by atoms with E-state index in [0.29, 0.717) is 43.9 Å². The van der Waals surface area contributed by atoms with Crippen LogP contribution in [0, 0.1) is 22.3 Å². The highest BCUT2D eigenvalue weighted by Gasteiger charge is 2.26. The molecule has 2 rings (SSSR count). The molecule has 1 aliphatic heterocycles. The van der Waals surface area contributed by atoms with E-state index in [4.69, 9.17) is 20.9 Å². The summed E-state index contributed by atoms with van der Waals surface area (Å²) < 4.78 is 5.41. The number of benzene rings is 1. The molecule has 1 fully saturated rings. The maximum Gasteiger partial charge on any atom is 0.410 e. The zero-order valence-electron chi connectivity index (χ0n) is 15.9. The molecule has 0 aliphatic carbocycles. The highest BCUT2D eigenvalue weighted by molar-refractivity contribution is 5.97. The molecule has 0 aromatic heterocycles. The fraction of sp³-hybridized carbons (Fsp3) is 0.500. The number of ether oxygens (including phenoxy) is 1. The normalized spacial score (nSPS) is 15.0. The van der Waals surface area contributed by atoms with Gasteiger partial charge in [-0.15, -0.1) is 0 Å². The maximum atomic E-state index is 12.2. The van der Waals surface area contributed by atoms with Gasteiger partial charge in [-0.05, 0) is 38.5 Å². The van der Waals surface area contributed by atoms with Gasteiger partial charge in [-0.3, -0.25) is 10.3 Å². The minimum absolute atomic E-state index is 0.0236. The molecule has 0 saturated carbocycles. The molecule has 0 spiro atoms. The van der Waals surface area contributed by atoms with Gasteiger partial charge < -0.3 is 9.64 Å². The number of piperazine rings is 1. The fourth-order valence-corrected chi connectivity index (χ4v) is 2.79. The lowest BCUT2D eigenvalue weighted by atomic mass is 10.0. The van der Waals surface area contributed by atoms with Crippen LogP contribution in [0.25, 0.3) is 0 Å². The second-order valence-electron chi connectivity index (χ2n) is 7.33. The average Bonchev–Trinajstić information content (AvgIpc) is 2.61. The molecule has 1 heterocycles. The Bertz CT molecular complexity index is 756. The number of nitrogens with zero attached hydrogens (tertiary/aromatic N) is 4. The van der Waals surface area contributed by atoms with Gasteiger partial charge in [0.15, 0.2) is 0 Å². The van der Waals surface area contributed by atoms with E-state index in [0.717, 1.165) is 5.56 Å². The third-order valence-electron chi connectivity index (χ3n) is 4.09. The first-order valence-electron chi connectivity index (χ1n) is 8.68. The van der Waals surface area contributed by atoms with Gasteiger partial charge in [0.25, 0.3) is 0 Å². The Labute approximate surface area is 158 Å². The molecule has 1 aliphatic rings. The molecule has 9 heteroatoms. The summed E-state index contributed by atoms with van der Waals surface area (Å²) in [7, 11) is 0. The van der Waals surface area contributed by atoms with Gasteiger partial charge in [-0.1, -0.05) is 11.3 Å². The number of nitriles is 1. The summed E-state index contributed by atoms with van der Waals surface area (Å²) in [5, 5.41) is 20.1. The van der Waals surface area contributed by atoms with Gasteiger partial charge in [0, 0.05) is 38.3 Å². The van der Waals surface area contributed by atoms with E-state index in [1.807, 2.05) is 26.8 Å². The lowest BCUT2D eigenvalue weighted by Crippen LogP contribution is -2.49. The Hall–Kier alpha value is -2.99. The predicted molar refractivity (Wildman–Crippen MR) is 99.4 cm³/mol. The number of carbonyl (C=O) groups excluding carboxylic acids is 1. The largest absolute Gasteiger partial charge is 0.444 e. The van der Waals surface area contributed by atoms with Crippen molar-refractivity contribution >= 4 is 11.9 Å². The molecule has 144 valence electrons. The van der Waals surface area contributed by atoms with Crippen molar-refractivity contribution in [3.63, 3.8) is 0 Å². The van der Waals surface area contributed by atoms with Crippen LogP contribution in [-0.2, 0) is 11.3 Å². The SMILES string of the molecule is CC(C)(C)OC(=O)N1CCN(Cc2ccc(C#N)cc2C(=N)NN=N)CC1. The Morgan fingerprint density at radius 2 is 2.00 bits per heavy atom. The van der Waals surface area contributed by atoms with Crippen LogP contribution in [0.15, 0.2) is 23.4 Å².